The Labute approximate surface area is 346 Å². The number of rotatable bonds is 4. The van der Waals surface area contributed by atoms with Crippen LogP contribution in [0, 0.1) is 0 Å². The van der Waals surface area contributed by atoms with E-state index in [1.165, 1.54) is 47.4 Å². The molecule has 0 bridgehead atoms. The van der Waals surface area contributed by atoms with Crippen molar-refractivity contribution in [2.45, 2.75) is 0 Å². The minimum absolute atomic E-state index is 0.897. The van der Waals surface area contributed by atoms with Crippen molar-refractivity contribution in [2.24, 2.45) is 0 Å². The van der Waals surface area contributed by atoms with Crippen molar-refractivity contribution in [1.82, 2.24) is 27.7 Å². The number of nitrogens with zero attached hydrogens (tertiary/aromatic N) is 6. The minimum Gasteiger partial charge on any atom is -0.301 e. The fraction of sp³-hybridized carbons (Fsp3) is 0. The molecular weight excluding hydrogens is 753 g/mol. The third-order valence-electron chi connectivity index (χ3n) is 12.5. The molecule has 0 aliphatic rings. The number of para-hydroxylation sites is 7. The highest BCUT2D eigenvalue weighted by molar-refractivity contribution is 7.25. The lowest BCUT2D eigenvalue weighted by Crippen LogP contribution is -2.03. The lowest BCUT2D eigenvalue weighted by molar-refractivity contribution is 1.05. The Morgan fingerprint density at radius 2 is 0.917 bits per heavy atom. The molecule has 0 unspecified atom stereocenters. The zero-order valence-electron chi connectivity index (χ0n) is 32.1. The van der Waals surface area contributed by atoms with Crippen LogP contribution >= 0.6 is 11.3 Å². The summed E-state index contributed by atoms with van der Waals surface area (Å²) < 4.78 is 13.3. The average Bonchev–Trinajstić information content (AvgIpc) is 4.13. The Hall–Kier alpha value is -7.87. The summed E-state index contributed by atoms with van der Waals surface area (Å²) >= 11 is 1.87. The van der Waals surface area contributed by atoms with E-state index in [4.69, 9.17) is 4.98 Å². The fourth-order valence-corrected chi connectivity index (χ4v) is 11.3. The molecule has 0 spiro atoms. The van der Waals surface area contributed by atoms with Gasteiger partial charge in [-0.25, -0.2) is 4.98 Å². The highest BCUT2D eigenvalue weighted by Crippen LogP contribution is 2.45. The third kappa shape index (κ3) is 4.18. The van der Waals surface area contributed by atoms with Crippen LogP contribution in [0.4, 0.5) is 0 Å². The summed E-state index contributed by atoms with van der Waals surface area (Å²) in [5, 5.41) is 7.58. The summed E-state index contributed by atoms with van der Waals surface area (Å²) in [7, 11) is 0. The third-order valence-corrected chi connectivity index (χ3v) is 13.6. The van der Waals surface area contributed by atoms with E-state index in [9.17, 15) is 0 Å². The van der Waals surface area contributed by atoms with Gasteiger partial charge in [-0.2, -0.15) is 0 Å². The van der Waals surface area contributed by atoms with Crippen LogP contribution < -0.4 is 0 Å². The van der Waals surface area contributed by atoms with Gasteiger partial charge in [-0.15, -0.1) is 11.3 Å². The maximum Gasteiger partial charge on any atom is 0.220 e. The molecule has 7 heteroatoms. The van der Waals surface area contributed by atoms with E-state index >= 15 is 0 Å². The van der Waals surface area contributed by atoms with Gasteiger partial charge in [0.25, 0.3) is 0 Å². The molecule has 280 valence electrons. The molecule has 14 aromatic rings. The fourth-order valence-electron chi connectivity index (χ4n) is 10.0. The van der Waals surface area contributed by atoms with Gasteiger partial charge in [-0.05, 0) is 91.0 Å². The van der Waals surface area contributed by atoms with E-state index in [1.807, 2.05) is 11.3 Å². The molecule has 8 aromatic carbocycles. The normalized spacial score (nSPS) is 12.3. The topological polar surface area (TPSA) is 37.0 Å². The Kier molecular flexibility index (Phi) is 6.35. The highest BCUT2D eigenvalue weighted by Gasteiger charge is 2.25. The quantitative estimate of drug-likeness (QED) is 0.175. The van der Waals surface area contributed by atoms with Gasteiger partial charge in [0.1, 0.15) is 10.5 Å². The molecule has 0 radical (unpaired) electrons. The molecule has 60 heavy (non-hydrogen) atoms. The number of hydrogen-bond donors (Lipinski definition) is 0. The Morgan fingerprint density at radius 3 is 1.73 bits per heavy atom. The van der Waals surface area contributed by atoms with Crippen molar-refractivity contribution in [3.8, 4) is 22.7 Å². The number of aromatic nitrogens is 6. The van der Waals surface area contributed by atoms with Crippen LogP contribution in [0.25, 0.3) is 115 Å². The van der Waals surface area contributed by atoms with E-state index < -0.39 is 0 Å². The second kappa shape index (κ2) is 11.9. The van der Waals surface area contributed by atoms with Gasteiger partial charge in [0.15, 0.2) is 0 Å². The molecule has 6 heterocycles. The van der Waals surface area contributed by atoms with Crippen LogP contribution in [-0.4, -0.2) is 27.7 Å². The Morgan fingerprint density at radius 1 is 0.350 bits per heavy atom. The van der Waals surface area contributed by atoms with E-state index in [1.54, 1.807) is 0 Å². The predicted molar refractivity (Wildman–Crippen MR) is 250 cm³/mol. The van der Waals surface area contributed by atoms with Gasteiger partial charge < -0.3 is 4.57 Å². The Bertz CT molecular complexity index is 4070. The van der Waals surface area contributed by atoms with Gasteiger partial charge in [0.2, 0.25) is 5.78 Å². The Balaban J connectivity index is 1.08. The van der Waals surface area contributed by atoms with Crippen molar-refractivity contribution in [2.75, 3.05) is 0 Å². The van der Waals surface area contributed by atoms with Gasteiger partial charge in [0, 0.05) is 54.1 Å². The summed E-state index contributed by atoms with van der Waals surface area (Å²) in [6, 6.07) is 70.3. The first-order valence-corrected chi connectivity index (χ1v) is 21.1. The van der Waals surface area contributed by atoms with Crippen LogP contribution in [0.2, 0.25) is 0 Å². The van der Waals surface area contributed by atoms with Crippen molar-refractivity contribution in [3.05, 3.63) is 194 Å². The van der Waals surface area contributed by atoms with Gasteiger partial charge in [-0.1, -0.05) is 103 Å². The summed E-state index contributed by atoms with van der Waals surface area (Å²) in [5.41, 5.74) is 13.4. The molecule has 0 aliphatic heterocycles. The summed E-state index contributed by atoms with van der Waals surface area (Å²) in [6.45, 7) is 0. The number of thiophene rings is 1. The van der Waals surface area contributed by atoms with Gasteiger partial charge in [0.05, 0.1) is 44.3 Å². The molecule has 0 atom stereocenters. The number of imidazole rings is 2. The molecule has 0 saturated heterocycles. The van der Waals surface area contributed by atoms with Crippen LogP contribution in [0.5, 0.6) is 0 Å². The maximum absolute atomic E-state index is 5.20. The first-order chi connectivity index (χ1) is 29.8. The van der Waals surface area contributed by atoms with Crippen LogP contribution in [0.3, 0.4) is 0 Å². The van der Waals surface area contributed by atoms with E-state index in [0.717, 1.165) is 67.3 Å². The lowest BCUT2D eigenvalue weighted by atomic mass is 10.1. The molecule has 0 saturated carbocycles. The molecule has 6 aromatic heterocycles. The predicted octanol–water partition coefficient (Wildman–Crippen LogP) is 13.8. The number of benzene rings is 8. The van der Waals surface area contributed by atoms with Crippen molar-refractivity contribution < 1.29 is 0 Å². The average molecular weight is 785 g/mol. The van der Waals surface area contributed by atoms with E-state index in [-0.39, 0.29) is 0 Å². The molecule has 0 aliphatic carbocycles. The molecule has 14 rings (SSSR count). The van der Waals surface area contributed by atoms with Crippen LogP contribution in [-0.2, 0) is 0 Å². The second-order valence-corrected chi connectivity index (χ2v) is 16.7. The van der Waals surface area contributed by atoms with Crippen molar-refractivity contribution in [1.29, 1.82) is 0 Å². The zero-order chi connectivity index (χ0) is 39.1. The molecule has 0 N–H and O–H groups in total. The molecule has 0 fully saturated rings. The smallest absolute Gasteiger partial charge is 0.220 e. The van der Waals surface area contributed by atoms with Crippen molar-refractivity contribution in [3.63, 3.8) is 0 Å². The minimum atomic E-state index is 0.897. The zero-order valence-corrected chi connectivity index (χ0v) is 32.9. The highest BCUT2D eigenvalue weighted by atomic mass is 32.1. The summed E-state index contributed by atoms with van der Waals surface area (Å²) in [5.74, 6) is 0.897. The number of fused-ring (bicyclic) bond motifs is 15. The maximum atomic E-state index is 5.20. The monoisotopic (exact) mass is 784 g/mol. The standard InChI is InChI=1S/C53H32N6S/c1-2-15-33(16-3-1)55-44-30-29-36(57-43-24-9-5-20-38(43)50-39-21-6-13-28-48(39)60-52(50)57)32-40(44)49-37-19-4-8-23-42(37)56(51(49)55)34-17-14-18-35(31-34)58-46-26-11-12-27-47(46)59-45-25-10-7-22-41(45)54-53(58)59/h1-32H. The molecular formula is C53H32N6S. The van der Waals surface area contributed by atoms with E-state index in [2.05, 4.69) is 217 Å². The molecule has 0 amide bonds. The van der Waals surface area contributed by atoms with Crippen molar-refractivity contribution >= 4 is 103 Å². The summed E-state index contributed by atoms with van der Waals surface area (Å²) in [6.07, 6.45) is 0. The first-order valence-electron chi connectivity index (χ1n) is 20.3. The van der Waals surface area contributed by atoms with Gasteiger partial charge >= 0.3 is 0 Å². The molecule has 6 nitrogen and oxygen atoms in total. The largest absolute Gasteiger partial charge is 0.301 e. The van der Waals surface area contributed by atoms with Crippen LogP contribution in [0.1, 0.15) is 0 Å². The van der Waals surface area contributed by atoms with Gasteiger partial charge in [-0.3, -0.25) is 18.1 Å². The SMILES string of the molecule is c1ccc(-n2c3ccc(-n4c5ccccc5c5c6ccccc6sc54)cc3c3c4ccccc4n(-c4cccc(-n5c6ccccc6n6c7ccccc7nc56)c4)c32)cc1. The number of hydrogen-bond acceptors (Lipinski definition) is 2. The van der Waals surface area contributed by atoms with Crippen LogP contribution in [0.15, 0.2) is 194 Å². The summed E-state index contributed by atoms with van der Waals surface area (Å²) in [4.78, 5) is 6.47. The lowest BCUT2D eigenvalue weighted by Gasteiger charge is -2.15. The second-order valence-electron chi connectivity index (χ2n) is 15.6. The van der Waals surface area contributed by atoms with E-state index in [0.29, 0.717) is 0 Å². The first kappa shape index (κ1) is 32.1.